The van der Waals surface area contributed by atoms with Crippen LogP contribution >= 0.6 is 0 Å². The molecule has 0 aliphatic rings. The molecule has 0 bridgehead atoms. The molecular formula is C42H42N6. The number of benzene rings is 4. The molecule has 6 rings (SSSR count). The first-order valence-corrected chi connectivity index (χ1v) is 17.3. The maximum Gasteiger partial charge on any atom is 0.176 e. The van der Waals surface area contributed by atoms with E-state index in [-0.39, 0.29) is 11.4 Å². The van der Waals surface area contributed by atoms with Gasteiger partial charge in [0.05, 0.1) is 0 Å². The minimum Gasteiger partial charge on any atom is -0.340 e. The molecule has 0 radical (unpaired) electrons. The predicted molar refractivity (Wildman–Crippen MR) is 201 cm³/mol. The molecule has 0 atom stereocenters. The van der Waals surface area contributed by atoms with Crippen LogP contribution in [-0.2, 0) is 13.1 Å². The quantitative estimate of drug-likeness (QED) is 0.0681. The van der Waals surface area contributed by atoms with E-state index in [1.807, 2.05) is 12.1 Å². The highest BCUT2D eigenvalue weighted by Gasteiger charge is 2.12. The number of aryl methyl sites for hydroxylation is 2. The van der Waals surface area contributed by atoms with Gasteiger partial charge in [-0.25, -0.2) is 9.98 Å². The largest absolute Gasteiger partial charge is 0.340 e. The Morgan fingerprint density at radius 1 is 0.542 bits per heavy atom. The Labute approximate surface area is 283 Å². The molecule has 0 N–H and O–H groups in total. The highest BCUT2D eigenvalue weighted by Crippen LogP contribution is 2.31. The maximum absolute atomic E-state index is 9.95. The summed E-state index contributed by atoms with van der Waals surface area (Å²) in [6, 6.07) is 33.7. The number of aromatic nitrogens is 2. The SMILES string of the molecule is CCCCCCn1c2ccccc2c2cc(C=N/C(C#N)=C(/C#N)N=Cc3ccc4c(c3)c3ccccc3n4CCCCCC)ccc21. The molecule has 0 spiro atoms. The van der Waals surface area contributed by atoms with Crippen LogP contribution in [0.1, 0.15) is 76.3 Å². The summed E-state index contributed by atoms with van der Waals surface area (Å²) in [6.45, 7) is 6.43. The lowest BCUT2D eigenvalue weighted by molar-refractivity contribution is 0.602. The van der Waals surface area contributed by atoms with E-state index >= 15 is 0 Å². The van der Waals surface area contributed by atoms with Crippen LogP contribution < -0.4 is 0 Å². The summed E-state index contributed by atoms with van der Waals surface area (Å²) < 4.78 is 4.82. The smallest absolute Gasteiger partial charge is 0.176 e. The summed E-state index contributed by atoms with van der Waals surface area (Å²) in [7, 11) is 0. The van der Waals surface area contributed by atoms with Gasteiger partial charge in [-0.3, -0.25) is 0 Å². The Balaban J connectivity index is 1.27. The third-order valence-electron chi connectivity index (χ3n) is 9.18. The molecule has 2 heterocycles. The van der Waals surface area contributed by atoms with Crippen molar-refractivity contribution in [3.63, 3.8) is 0 Å². The average molecular weight is 631 g/mol. The van der Waals surface area contributed by atoms with Crippen molar-refractivity contribution in [2.75, 3.05) is 0 Å². The summed E-state index contributed by atoms with van der Waals surface area (Å²) in [4.78, 5) is 8.89. The van der Waals surface area contributed by atoms with Crippen molar-refractivity contribution in [3.05, 3.63) is 107 Å². The number of hydrogen-bond donors (Lipinski definition) is 0. The van der Waals surface area contributed by atoms with Crippen LogP contribution in [0.4, 0.5) is 0 Å². The summed E-state index contributed by atoms with van der Waals surface area (Å²) in [5, 5.41) is 24.6. The average Bonchev–Trinajstić information content (AvgIpc) is 3.61. The fraction of sp³-hybridized carbons (Fsp3) is 0.286. The van der Waals surface area contributed by atoms with Gasteiger partial charge in [-0.05, 0) is 60.4 Å². The van der Waals surface area contributed by atoms with E-state index in [1.165, 1.54) is 71.4 Å². The van der Waals surface area contributed by atoms with Crippen LogP contribution in [0.3, 0.4) is 0 Å². The molecule has 240 valence electrons. The van der Waals surface area contributed by atoms with Crippen LogP contribution in [0.5, 0.6) is 0 Å². The number of nitriles is 2. The minimum atomic E-state index is -0.0167. The monoisotopic (exact) mass is 630 g/mol. The molecule has 48 heavy (non-hydrogen) atoms. The van der Waals surface area contributed by atoms with Gasteiger partial charge in [-0.15, -0.1) is 0 Å². The third-order valence-corrected chi connectivity index (χ3v) is 9.18. The first kappa shape index (κ1) is 32.5. The number of unbranched alkanes of at least 4 members (excludes halogenated alkanes) is 6. The number of fused-ring (bicyclic) bond motifs is 6. The molecule has 0 amide bonds. The Hall–Kier alpha value is -5.46. The zero-order chi connectivity index (χ0) is 33.3. The van der Waals surface area contributed by atoms with Crippen molar-refractivity contribution in [2.45, 2.75) is 78.3 Å². The van der Waals surface area contributed by atoms with Gasteiger partial charge in [-0.2, -0.15) is 10.5 Å². The lowest BCUT2D eigenvalue weighted by Crippen LogP contribution is -1.97. The van der Waals surface area contributed by atoms with Gasteiger partial charge in [0.15, 0.2) is 11.4 Å². The number of allylic oxidation sites excluding steroid dienone is 2. The maximum atomic E-state index is 9.95. The molecule has 0 unspecified atom stereocenters. The molecule has 6 aromatic rings. The molecule has 2 aromatic heterocycles. The van der Waals surface area contributed by atoms with E-state index in [2.05, 4.69) is 118 Å². The fourth-order valence-corrected chi connectivity index (χ4v) is 6.74. The molecular weight excluding hydrogens is 589 g/mol. The van der Waals surface area contributed by atoms with E-state index in [4.69, 9.17) is 0 Å². The van der Waals surface area contributed by atoms with Crippen molar-refractivity contribution < 1.29 is 0 Å². The summed E-state index contributed by atoms with van der Waals surface area (Å²) in [5.74, 6) is 0. The van der Waals surface area contributed by atoms with E-state index in [1.54, 1.807) is 12.4 Å². The molecule has 0 saturated carbocycles. The number of hydrogen-bond acceptors (Lipinski definition) is 4. The number of para-hydroxylation sites is 2. The third kappa shape index (κ3) is 6.80. The second-order valence-electron chi connectivity index (χ2n) is 12.4. The lowest BCUT2D eigenvalue weighted by atomic mass is 10.1. The zero-order valence-corrected chi connectivity index (χ0v) is 28.0. The summed E-state index contributed by atoms with van der Waals surface area (Å²) in [6.07, 6.45) is 13.0. The summed E-state index contributed by atoms with van der Waals surface area (Å²) >= 11 is 0. The Kier molecular flexibility index (Phi) is 10.4. The van der Waals surface area contributed by atoms with E-state index in [0.717, 1.165) is 47.8 Å². The van der Waals surface area contributed by atoms with Crippen LogP contribution in [0.2, 0.25) is 0 Å². The van der Waals surface area contributed by atoms with Crippen molar-refractivity contribution >= 4 is 56.0 Å². The van der Waals surface area contributed by atoms with Crippen molar-refractivity contribution in [2.24, 2.45) is 9.98 Å². The van der Waals surface area contributed by atoms with Crippen LogP contribution in [-0.4, -0.2) is 21.6 Å². The van der Waals surface area contributed by atoms with Crippen molar-refractivity contribution in [1.82, 2.24) is 9.13 Å². The Morgan fingerprint density at radius 3 is 1.38 bits per heavy atom. The van der Waals surface area contributed by atoms with Gasteiger partial charge < -0.3 is 9.13 Å². The Bertz CT molecular complexity index is 2090. The van der Waals surface area contributed by atoms with Gasteiger partial charge in [0.25, 0.3) is 0 Å². The number of aliphatic imine (C=N–C) groups is 2. The van der Waals surface area contributed by atoms with Gasteiger partial charge in [0.1, 0.15) is 12.1 Å². The van der Waals surface area contributed by atoms with Gasteiger partial charge >= 0.3 is 0 Å². The second-order valence-corrected chi connectivity index (χ2v) is 12.4. The first-order chi connectivity index (χ1) is 23.7. The fourth-order valence-electron chi connectivity index (χ4n) is 6.74. The van der Waals surface area contributed by atoms with E-state index < -0.39 is 0 Å². The normalized spacial score (nSPS) is 12.5. The molecule has 4 aromatic carbocycles. The molecule has 0 fully saturated rings. The summed E-state index contributed by atoms with van der Waals surface area (Å²) in [5.41, 5.74) is 6.54. The molecule has 0 aliphatic heterocycles. The number of nitrogens with zero attached hydrogens (tertiary/aromatic N) is 6. The molecule has 0 aliphatic carbocycles. The zero-order valence-electron chi connectivity index (χ0n) is 28.0. The highest BCUT2D eigenvalue weighted by atomic mass is 15.0. The molecule has 6 heteroatoms. The van der Waals surface area contributed by atoms with Crippen LogP contribution in [0.15, 0.2) is 106 Å². The van der Waals surface area contributed by atoms with Crippen LogP contribution in [0, 0.1) is 22.7 Å². The molecule has 0 saturated heterocycles. The van der Waals surface area contributed by atoms with Gasteiger partial charge in [0.2, 0.25) is 0 Å². The minimum absolute atomic E-state index is 0.0167. The van der Waals surface area contributed by atoms with Crippen LogP contribution in [0.25, 0.3) is 43.6 Å². The van der Waals surface area contributed by atoms with Crippen molar-refractivity contribution in [3.8, 4) is 12.1 Å². The molecule has 6 nitrogen and oxygen atoms in total. The standard InChI is InChI=1S/C42H42N6/c1-3-5-7-13-23-47-39-17-11-9-15-33(39)35-25-31(19-21-41(35)47)29-45-37(27-43)38(28-44)46-30-32-20-22-42-36(26-32)34-16-10-12-18-40(34)48(42)24-14-8-6-4-2/h9-12,15-22,25-26,29-30H,3-8,13-14,23-24H2,1-2H3/b38-37-,45-29?,46-30?. The Morgan fingerprint density at radius 2 is 0.958 bits per heavy atom. The van der Waals surface area contributed by atoms with E-state index in [9.17, 15) is 10.5 Å². The van der Waals surface area contributed by atoms with Gasteiger partial charge in [0, 0.05) is 69.1 Å². The van der Waals surface area contributed by atoms with E-state index in [0.29, 0.717) is 0 Å². The second kappa shape index (κ2) is 15.4. The highest BCUT2D eigenvalue weighted by molar-refractivity contribution is 6.10. The lowest BCUT2D eigenvalue weighted by Gasteiger charge is -2.07. The first-order valence-electron chi connectivity index (χ1n) is 17.3. The topological polar surface area (TPSA) is 82.2 Å². The number of rotatable bonds is 14. The predicted octanol–water partition coefficient (Wildman–Crippen LogP) is 10.9. The van der Waals surface area contributed by atoms with Crippen molar-refractivity contribution in [1.29, 1.82) is 10.5 Å². The van der Waals surface area contributed by atoms with Gasteiger partial charge in [-0.1, -0.05) is 101 Å².